The Hall–Kier alpha value is -3.36. The van der Waals surface area contributed by atoms with E-state index in [-0.39, 0.29) is 23.8 Å². The van der Waals surface area contributed by atoms with Crippen LogP contribution in [-0.4, -0.2) is 37.9 Å². The van der Waals surface area contributed by atoms with Gasteiger partial charge in [-0.05, 0) is 41.8 Å². The van der Waals surface area contributed by atoms with E-state index < -0.39 is 15.9 Å². The van der Waals surface area contributed by atoms with Crippen molar-refractivity contribution in [3.8, 4) is 0 Å². The fourth-order valence-electron chi connectivity index (χ4n) is 2.85. The molecule has 0 aromatic heterocycles. The minimum atomic E-state index is -3.87. The van der Waals surface area contributed by atoms with Crippen molar-refractivity contribution in [2.24, 2.45) is 5.10 Å². The van der Waals surface area contributed by atoms with Crippen molar-refractivity contribution in [3.05, 3.63) is 102 Å². The van der Waals surface area contributed by atoms with Crippen molar-refractivity contribution in [3.63, 3.8) is 0 Å². The zero-order valence-electron chi connectivity index (χ0n) is 16.7. The zero-order chi connectivity index (χ0) is 22.1. The van der Waals surface area contributed by atoms with Crippen molar-refractivity contribution in [2.75, 3.05) is 13.1 Å². The molecular formula is C23H22FN3O3S. The SMILES string of the molecule is O=C(CN(CCc1ccccc1)S(=O)(=O)c1ccccc1)N/N=C/c1ccc(F)cc1. The molecule has 3 rings (SSSR count). The molecule has 160 valence electrons. The third kappa shape index (κ3) is 6.56. The molecule has 6 nitrogen and oxygen atoms in total. The molecule has 0 aliphatic carbocycles. The molecule has 3 aromatic rings. The molecule has 31 heavy (non-hydrogen) atoms. The Balaban J connectivity index is 1.70. The van der Waals surface area contributed by atoms with Crippen molar-refractivity contribution >= 4 is 22.1 Å². The number of carbonyl (C=O) groups is 1. The summed E-state index contributed by atoms with van der Waals surface area (Å²) in [6.07, 6.45) is 1.82. The summed E-state index contributed by atoms with van der Waals surface area (Å²) in [5, 5.41) is 3.83. The minimum Gasteiger partial charge on any atom is -0.272 e. The number of nitrogens with one attached hydrogen (secondary N) is 1. The average molecular weight is 440 g/mol. The van der Waals surface area contributed by atoms with Crippen LogP contribution in [0.2, 0.25) is 0 Å². The van der Waals surface area contributed by atoms with E-state index in [9.17, 15) is 17.6 Å². The number of hydrogen-bond acceptors (Lipinski definition) is 4. The van der Waals surface area contributed by atoms with Crippen molar-refractivity contribution in [1.29, 1.82) is 0 Å². The summed E-state index contributed by atoms with van der Waals surface area (Å²) in [6, 6.07) is 23.0. The first-order valence-electron chi connectivity index (χ1n) is 9.62. The number of rotatable bonds is 9. The van der Waals surface area contributed by atoms with E-state index in [0.29, 0.717) is 12.0 Å². The third-order valence-electron chi connectivity index (χ3n) is 4.47. The highest BCUT2D eigenvalue weighted by molar-refractivity contribution is 7.89. The van der Waals surface area contributed by atoms with Gasteiger partial charge in [0.15, 0.2) is 0 Å². The van der Waals surface area contributed by atoms with Gasteiger partial charge in [-0.15, -0.1) is 0 Å². The van der Waals surface area contributed by atoms with Crippen LogP contribution in [0.3, 0.4) is 0 Å². The lowest BCUT2D eigenvalue weighted by molar-refractivity contribution is -0.121. The van der Waals surface area contributed by atoms with Gasteiger partial charge in [0.25, 0.3) is 5.91 Å². The topological polar surface area (TPSA) is 78.8 Å². The largest absolute Gasteiger partial charge is 0.272 e. The van der Waals surface area contributed by atoms with Crippen LogP contribution in [0.4, 0.5) is 4.39 Å². The molecule has 1 amide bonds. The fourth-order valence-corrected chi connectivity index (χ4v) is 4.27. The molecule has 0 saturated carbocycles. The van der Waals surface area contributed by atoms with E-state index in [1.54, 1.807) is 18.2 Å². The summed E-state index contributed by atoms with van der Waals surface area (Å²) in [4.78, 5) is 12.5. The van der Waals surface area contributed by atoms with E-state index in [0.717, 1.165) is 9.87 Å². The summed E-state index contributed by atoms with van der Waals surface area (Å²) in [5.74, 6) is -0.952. The molecule has 0 aliphatic heterocycles. The van der Waals surface area contributed by atoms with Gasteiger partial charge in [-0.25, -0.2) is 18.2 Å². The molecule has 0 fully saturated rings. The maximum Gasteiger partial charge on any atom is 0.255 e. The van der Waals surface area contributed by atoms with Gasteiger partial charge < -0.3 is 0 Å². The Morgan fingerprint density at radius 2 is 1.55 bits per heavy atom. The molecule has 0 spiro atoms. The second-order valence-corrected chi connectivity index (χ2v) is 8.67. The van der Waals surface area contributed by atoms with E-state index in [2.05, 4.69) is 10.5 Å². The Morgan fingerprint density at radius 3 is 2.19 bits per heavy atom. The number of nitrogens with zero attached hydrogens (tertiary/aromatic N) is 2. The number of halogens is 1. The predicted molar refractivity (Wildman–Crippen MR) is 117 cm³/mol. The van der Waals surface area contributed by atoms with Gasteiger partial charge in [0.1, 0.15) is 5.82 Å². The average Bonchev–Trinajstić information content (AvgIpc) is 2.79. The highest BCUT2D eigenvalue weighted by Gasteiger charge is 2.26. The van der Waals surface area contributed by atoms with Crippen molar-refractivity contribution in [1.82, 2.24) is 9.73 Å². The Labute approximate surface area is 181 Å². The van der Waals surface area contributed by atoms with Crippen molar-refractivity contribution in [2.45, 2.75) is 11.3 Å². The normalized spacial score (nSPS) is 11.7. The summed E-state index contributed by atoms with van der Waals surface area (Å²) in [5.41, 5.74) is 3.89. The summed E-state index contributed by atoms with van der Waals surface area (Å²) >= 11 is 0. The van der Waals surface area contributed by atoms with Crippen LogP contribution < -0.4 is 5.43 Å². The lowest BCUT2D eigenvalue weighted by Gasteiger charge is -2.21. The highest BCUT2D eigenvalue weighted by Crippen LogP contribution is 2.16. The molecule has 0 heterocycles. The van der Waals surface area contributed by atoms with Crippen LogP contribution in [-0.2, 0) is 21.2 Å². The number of hydrogen-bond donors (Lipinski definition) is 1. The van der Waals surface area contributed by atoms with Crippen LogP contribution in [0.1, 0.15) is 11.1 Å². The predicted octanol–water partition coefficient (Wildman–Crippen LogP) is 3.21. The summed E-state index contributed by atoms with van der Waals surface area (Å²) in [7, 11) is -3.87. The molecular weight excluding hydrogens is 417 g/mol. The second kappa shape index (κ2) is 10.6. The number of amides is 1. The molecule has 0 radical (unpaired) electrons. The molecule has 0 unspecified atom stereocenters. The molecule has 8 heteroatoms. The monoisotopic (exact) mass is 439 g/mol. The smallest absolute Gasteiger partial charge is 0.255 e. The van der Waals surface area contributed by atoms with Crippen LogP contribution in [0, 0.1) is 5.82 Å². The number of carbonyl (C=O) groups excluding carboxylic acids is 1. The first-order chi connectivity index (χ1) is 14.9. The number of hydrazone groups is 1. The van der Waals surface area contributed by atoms with Crippen LogP contribution >= 0.6 is 0 Å². The Kier molecular flexibility index (Phi) is 7.64. The number of sulfonamides is 1. The maximum absolute atomic E-state index is 13.1. The van der Waals surface area contributed by atoms with Gasteiger partial charge in [0, 0.05) is 6.54 Å². The molecule has 0 saturated heterocycles. The first kappa shape index (κ1) is 22.3. The molecule has 0 aliphatic rings. The van der Waals surface area contributed by atoms with Gasteiger partial charge in [-0.3, -0.25) is 4.79 Å². The lowest BCUT2D eigenvalue weighted by atomic mass is 10.1. The Morgan fingerprint density at radius 1 is 0.935 bits per heavy atom. The van der Waals surface area contributed by atoms with Gasteiger partial charge in [-0.1, -0.05) is 60.7 Å². The van der Waals surface area contributed by atoms with Crippen LogP contribution in [0.25, 0.3) is 0 Å². The van der Waals surface area contributed by atoms with Crippen molar-refractivity contribution < 1.29 is 17.6 Å². The minimum absolute atomic E-state index is 0.116. The lowest BCUT2D eigenvalue weighted by Crippen LogP contribution is -2.40. The summed E-state index contributed by atoms with van der Waals surface area (Å²) < 4.78 is 40.3. The first-order valence-corrected chi connectivity index (χ1v) is 11.1. The highest BCUT2D eigenvalue weighted by atomic mass is 32.2. The molecule has 0 bridgehead atoms. The van der Waals surface area contributed by atoms with E-state index in [4.69, 9.17) is 0 Å². The van der Waals surface area contributed by atoms with E-state index in [1.165, 1.54) is 42.6 Å². The molecule has 0 atom stereocenters. The van der Waals surface area contributed by atoms with Gasteiger partial charge in [0.2, 0.25) is 10.0 Å². The maximum atomic E-state index is 13.1. The van der Waals surface area contributed by atoms with Gasteiger partial charge in [-0.2, -0.15) is 9.41 Å². The van der Waals surface area contributed by atoms with E-state index in [1.807, 2.05) is 30.3 Å². The molecule has 1 N–H and O–H groups in total. The standard InChI is InChI=1S/C23H22FN3O3S/c24-21-13-11-20(12-14-21)17-25-26-23(28)18-27(16-15-19-7-3-1-4-8-19)31(29,30)22-9-5-2-6-10-22/h1-14,17H,15-16,18H2,(H,26,28)/b25-17+. The second-order valence-electron chi connectivity index (χ2n) is 6.73. The fraction of sp³-hybridized carbons (Fsp3) is 0.130. The van der Waals surface area contributed by atoms with Crippen LogP contribution in [0.5, 0.6) is 0 Å². The van der Waals surface area contributed by atoms with Crippen LogP contribution in [0.15, 0.2) is 94.9 Å². The van der Waals surface area contributed by atoms with Gasteiger partial charge in [0.05, 0.1) is 17.7 Å². The quantitative estimate of drug-likeness (QED) is 0.411. The number of benzene rings is 3. The molecule has 3 aromatic carbocycles. The Bertz CT molecular complexity index is 1120. The summed E-state index contributed by atoms with van der Waals surface area (Å²) in [6.45, 7) is -0.249. The van der Waals surface area contributed by atoms with Gasteiger partial charge >= 0.3 is 0 Å². The van der Waals surface area contributed by atoms with E-state index >= 15 is 0 Å². The third-order valence-corrected chi connectivity index (χ3v) is 6.33. The zero-order valence-corrected chi connectivity index (χ0v) is 17.5.